The van der Waals surface area contributed by atoms with Crippen LogP contribution in [0.1, 0.15) is 89.4 Å². The van der Waals surface area contributed by atoms with Crippen molar-refractivity contribution in [1.82, 2.24) is 9.97 Å². The Morgan fingerprint density at radius 1 is 1.09 bits per heavy atom. The highest BCUT2D eigenvalue weighted by molar-refractivity contribution is 5.22. The van der Waals surface area contributed by atoms with Crippen molar-refractivity contribution in [1.29, 1.82) is 5.26 Å². The highest BCUT2D eigenvalue weighted by Gasteiger charge is 2.39. The Kier molecular flexibility index (Phi) is 7.02. The van der Waals surface area contributed by atoms with Crippen LogP contribution in [0.3, 0.4) is 0 Å². The average molecular weight is 313 g/mol. The second kappa shape index (κ2) is 9.01. The van der Waals surface area contributed by atoms with Gasteiger partial charge in [0.05, 0.1) is 6.07 Å². The molecule has 1 heterocycles. The van der Waals surface area contributed by atoms with Gasteiger partial charge in [0.2, 0.25) is 0 Å². The van der Waals surface area contributed by atoms with E-state index in [1.807, 2.05) is 12.4 Å². The first-order valence-corrected chi connectivity index (χ1v) is 9.46. The molecule has 0 unspecified atom stereocenters. The van der Waals surface area contributed by atoms with Crippen molar-refractivity contribution in [2.75, 3.05) is 0 Å². The molecule has 0 atom stereocenters. The van der Waals surface area contributed by atoms with Crippen LogP contribution < -0.4 is 0 Å². The summed E-state index contributed by atoms with van der Waals surface area (Å²) in [7, 11) is 0. The molecule has 1 aliphatic rings. The Balaban J connectivity index is 1.97. The van der Waals surface area contributed by atoms with Crippen molar-refractivity contribution in [3.8, 4) is 6.07 Å². The van der Waals surface area contributed by atoms with E-state index in [1.165, 1.54) is 44.1 Å². The van der Waals surface area contributed by atoms with Gasteiger partial charge in [-0.25, -0.2) is 9.97 Å². The second-order valence-corrected chi connectivity index (χ2v) is 7.15. The maximum absolute atomic E-state index is 9.77. The molecular formula is C20H31N3. The van der Waals surface area contributed by atoms with Gasteiger partial charge in [-0.1, -0.05) is 46.0 Å². The Labute approximate surface area is 141 Å². The van der Waals surface area contributed by atoms with E-state index in [9.17, 15) is 5.26 Å². The topological polar surface area (TPSA) is 49.6 Å². The number of aryl methyl sites for hydroxylation is 1. The quantitative estimate of drug-likeness (QED) is 0.608. The molecule has 1 aromatic heterocycles. The van der Waals surface area contributed by atoms with Crippen LogP contribution in [-0.2, 0) is 11.8 Å². The molecule has 3 nitrogen and oxygen atoms in total. The van der Waals surface area contributed by atoms with Gasteiger partial charge < -0.3 is 0 Å². The summed E-state index contributed by atoms with van der Waals surface area (Å²) < 4.78 is 0. The first-order chi connectivity index (χ1) is 11.2. The summed E-state index contributed by atoms with van der Waals surface area (Å²) in [5.41, 5.74) is 0.761. The molecule has 23 heavy (non-hydrogen) atoms. The molecule has 0 radical (unpaired) electrons. The zero-order valence-electron chi connectivity index (χ0n) is 14.9. The van der Waals surface area contributed by atoms with E-state index in [4.69, 9.17) is 0 Å². The fraction of sp³-hybridized carbons (Fsp3) is 0.750. The fourth-order valence-electron chi connectivity index (χ4n) is 3.65. The standard InChI is InChI=1S/C20H31N3/c1-3-5-7-9-18-14-22-19(23-15-18)20(16-21)12-10-17(11-13-20)8-6-4-2/h14-15,17H,3-13H2,1-2H3. The lowest BCUT2D eigenvalue weighted by atomic mass is 9.69. The van der Waals surface area contributed by atoms with Crippen molar-refractivity contribution in [2.45, 2.75) is 89.9 Å². The molecule has 2 rings (SSSR count). The number of hydrogen-bond donors (Lipinski definition) is 0. The van der Waals surface area contributed by atoms with E-state index in [1.54, 1.807) is 0 Å². The van der Waals surface area contributed by atoms with Crippen LogP contribution in [-0.4, -0.2) is 9.97 Å². The third-order valence-corrected chi connectivity index (χ3v) is 5.34. The van der Waals surface area contributed by atoms with Gasteiger partial charge in [0.15, 0.2) is 0 Å². The van der Waals surface area contributed by atoms with Crippen LogP contribution in [0, 0.1) is 17.2 Å². The molecule has 0 amide bonds. The van der Waals surface area contributed by atoms with Crippen molar-refractivity contribution in [3.63, 3.8) is 0 Å². The number of unbranched alkanes of at least 4 members (excludes halogenated alkanes) is 3. The van der Waals surface area contributed by atoms with Gasteiger partial charge in [-0.2, -0.15) is 5.26 Å². The predicted octanol–water partition coefficient (Wildman–Crippen LogP) is 5.35. The molecule has 1 saturated carbocycles. The first-order valence-electron chi connectivity index (χ1n) is 9.46. The fourth-order valence-corrected chi connectivity index (χ4v) is 3.65. The zero-order chi connectivity index (χ0) is 16.5. The monoisotopic (exact) mass is 313 g/mol. The normalized spacial score (nSPS) is 24.3. The molecule has 1 aromatic rings. The van der Waals surface area contributed by atoms with Gasteiger partial charge >= 0.3 is 0 Å². The summed E-state index contributed by atoms with van der Waals surface area (Å²) in [6, 6.07) is 2.56. The van der Waals surface area contributed by atoms with Gasteiger partial charge in [0.25, 0.3) is 0 Å². The molecule has 1 aliphatic carbocycles. The third-order valence-electron chi connectivity index (χ3n) is 5.34. The number of nitriles is 1. The van der Waals surface area contributed by atoms with Crippen molar-refractivity contribution < 1.29 is 0 Å². The molecule has 1 fully saturated rings. The summed E-state index contributed by atoms with van der Waals surface area (Å²) in [4.78, 5) is 9.16. The summed E-state index contributed by atoms with van der Waals surface area (Å²) in [5, 5.41) is 9.77. The van der Waals surface area contributed by atoms with Crippen LogP contribution in [0.15, 0.2) is 12.4 Å². The zero-order valence-corrected chi connectivity index (χ0v) is 14.9. The average Bonchev–Trinajstić information content (AvgIpc) is 2.61. The van der Waals surface area contributed by atoms with Gasteiger partial charge in [-0.3, -0.25) is 0 Å². The molecule has 126 valence electrons. The first kappa shape index (κ1) is 17.9. The Morgan fingerprint density at radius 2 is 1.74 bits per heavy atom. The van der Waals surface area contributed by atoms with E-state index >= 15 is 0 Å². The van der Waals surface area contributed by atoms with Crippen molar-refractivity contribution in [2.24, 2.45) is 5.92 Å². The van der Waals surface area contributed by atoms with Crippen molar-refractivity contribution in [3.05, 3.63) is 23.8 Å². The lowest BCUT2D eigenvalue weighted by Crippen LogP contribution is -2.32. The number of nitrogens with zero attached hydrogens (tertiary/aromatic N) is 3. The van der Waals surface area contributed by atoms with Gasteiger partial charge in [-0.15, -0.1) is 0 Å². The SMILES string of the molecule is CCCCCc1cnc(C2(C#N)CCC(CCCC)CC2)nc1. The predicted molar refractivity (Wildman–Crippen MR) is 94.0 cm³/mol. The van der Waals surface area contributed by atoms with Crippen LogP contribution in [0.2, 0.25) is 0 Å². The van der Waals surface area contributed by atoms with E-state index in [2.05, 4.69) is 29.9 Å². The minimum atomic E-state index is -0.440. The number of aromatic nitrogens is 2. The third kappa shape index (κ3) is 4.77. The van der Waals surface area contributed by atoms with Crippen LogP contribution in [0.4, 0.5) is 0 Å². The molecule has 0 N–H and O–H groups in total. The number of hydrogen-bond acceptors (Lipinski definition) is 3. The molecule has 0 spiro atoms. The molecule has 0 aliphatic heterocycles. The summed E-state index contributed by atoms with van der Waals surface area (Å²) in [5.74, 6) is 1.55. The van der Waals surface area contributed by atoms with E-state index < -0.39 is 5.41 Å². The van der Waals surface area contributed by atoms with Crippen molar-refractivity contribution >= 4 is 0 Å². The Bertz CT molecular complexity index is 493. The lowest BCUT2D eigenvalue weighted by Gasteiger charge is -2.33. The Hall–Kier alpha value is -1.43. The Morgan fingerprint density at radius 3 is 2.30 bits per heavy atom. The number of rotatable bonds is 8. The molecule has 0 saturated heterocycles. The summed E-state index contributed by atoms with van der Waals surface area (Å²) in [6.45, 7) is 4.46. The van der Waals surface area contributed by atoms with Crippen LogP contribution in [0.25, 0.3) is 0 Å². The molecule has 3 heteroatoms. The highest BCUT2D eigenvalue weighted by atomic mass is 14.9. The lowest BCUT2D eigenvalue weighted by molar-refractivity contribution is 0.255. The van der Waals surface area contributed by atoms with Gasteiger partial charge in [-0.05, 0) is 50.0 Å². The van der Waals surface area contributed by atoms with Crippen LogP contribution >= 0.6 is 0 Å². The molecule has 0 bridgehead atoms. The maximum Gasteiger partial charge on any atom is 0.148 e. The molecular weight excluding hydrogens is 282 g/mol. The van der Waals surface area contributed by atoms with E-state index in [0.29, 0.717) is 0 Å². The smallest absolute Gasteiger partial charge is 0.148 e. The minimum absolute atomic E-state index is 0.440. The second-order valence-electron chi connectivity index (χ2n) is 7.15. The summed E-state index contributed by atoms with van der Waals surface area (Å²) >= 11 is 0. The van der Waals surface area contributed by atoms with Gasteiger partial charge in [0.1, 0.15) is 11.2 Å². The molecule has 0 aromatic carbocycles. The summed E-state index contributed by atoms with van der Waals surface area (Å²) in [6.07, 6.45) is 16.7. The minimum Gasteiger partial charge on any atom is -0.239 e. The van der Waals surface area contributed by atoms with E-state index in [-0.39, 0.29) is 0 Å². The van der Waals surface area contributed by atoms with Crippen LogP contribution in [0.5, 0.6) is 0 Å². The van der Waals surface area contributed by atoms with E-state index in [0.717, 1.165) is 43.8 Å². The largest absolute Gasteiger partial charge is 0.239 e. The van der Waals surface area contributed by atoms with Gasteiger partial charge in [0, 0.05) is 12.4 Å². The maximum atomic E-state index is 9.77. The highest BCUT2D eigenvalue weighted by Crippen LogP contribution is 2.41.